The van der Waals surface area contributed by atoms with E-state index in [1.165, 1.54) is 0 Å². The van der Waals surface area contributed by atoms with Gasteiger partial charge in [0.2, 0.25) is 0 Å². The predicted molar refractivity (Wildman–Crippen MR) is 80.9 cm³/mol. The maximum Gasteiger partial charge on any atom is 0.490 e. The van der Waals surface area contributed by atoms with Crippen LogP contribution in [0.5, 0.6) is 0 Å². The van der Waals surface area contributed by atoms with Crippen LogP contribution in [0, 0.1) is 5.92 Å². The Kier molecular flexibility index (Phi) is 5.66. The number of aliphatic carboxylic acids is 1. The maximum absolute atomic E-state index is 12.3. The highest BCUT2D eigenvalue weighted by Gasteiger charge is 2.45. The molecule has 1 aromatic rings. The summed E-state index contributed by atoms with van der Waals surface area (Å²) in [5.74, 6) is -2.07. The van der Waals surface area contributed by atoms with Gasteiger partial charge in [-0.1, -0.05) is 6.92 Å². The first kappa shape index (κ1) is 19.2. The van der Waals surface area contributed by atoms with Crippen LogP contribution in [0.2, 0.25) is 0 Å². The number of amides is 1. The van der Waals surface area contributed by atoms with Crippen LogP contribution in [0.15, 0.2) is 24.5 Å². The average Bonchev–Trinajstić information content (AvgIpc) is 3.13. The lowest BCUT2D eigenvalue weighted by Crippen LogP contribution is -2.35. The Labute approximate surface area is 142 Å². The lowest BCUT2D eigenvalue weighted by atomic mass is 9.94. The summed E-state index contributed by atoms with van der Waals surface area (Å²) in [7, 11) is 0. The molecule has 9 heteroatoms. The minimum Gasteiger partial charge on any atom is -0.475 e. The SMILES string of the molecule is CC1COC2(CCN(C(=O)c3cccnc3)C2)C1.O=C(O)C(F)(F)F. The fourth-order valence-corrected chi connectivity index (χ4v) is 3.05. The summed E-state index contributed by atoms with van der Waals surface area (Å²) in [6.45, 7) is 4.56. The molecular weight excluding hydrogens is 341 g/mol. The number of nitrogens with zero attached hydrogens (tertiary/aromatic N) is 2. The summed E-state index contributed by atoms with van der Waals surface area (Å²) >= 11 is 0. The maximum atomic E-state index is 12.3. The van der Waals surface area contributed by atoms with Gasteiger partial charge in [0.05, 0.1) is 24.3 Å². The van der Waals surface area contributed by atoms with Crippen molar-refractivity contribution < 1.29 is 32.6 Å². The Balaban J connectivity index is 0.000000277. The molecule has 2 aliphatic rings. The number of rotatable bonds is 1. The summed E-state index contributed by atoms with van der Waals surface area (Å²) in [5.41, 5.74) is 0.595. The van der Waals surface area contributed by atoms with E-state index in [0.29, 0.717) is 11.5 Å². The van der Waals surface area contributed by atoms with Crippen LogP contribution < -0.4 is 0 Å². The third-order valence-electron chi connectivity index (χ3n) is 4.15. The lowest BCUT2D eigenvalue weighted by Gasteiger charge is -2.23. The fourth-order valence-electron chi connectivity index (χ4n) is 3.05. The summed E-state index contributed by atoms with van der Waals surface area (Å²) in [6.07, 6.45) is 0.267. The number of pyridine rings is 1. The highest BCUT2D eigenvalue weighted by molar-refractivity contribution is 5.94. The number of hydrogen-bond acceptors (Lipinski definition) is 4. The molecule has 0 radical (unpaired) electrons. The highest BCUT2D eigenvalue weighted by atomic mass is 19.4. The number of hydrogen-bond donors (Lipinski definition) is 1. The van der Waals surface area contributed by atoms with E-state index in [9.17, 15) is 18.0 Å². The second-order valence-electron chi connectivity index (χ2n) is 6.32. The molecule has 1 N–H and O–H groups in total. The second-order valence-corrected chi connectivity index (χ2v) is 6.32. The molecule has 2 fully saturated rings. The molecule has 6 nitrogen and oxygen atoms in total. The zero-order valence-corrected chi connectivity index (χ0v) is 13.6. The van der Waals surface area contributed by atoms with Gasteiger partial charge in [-0.2, -0.15) is 13.2 Å². The zero-order chi connectivity index (χ0) is 18.7. The van der Waals surface area contributed by atoms with E-state index in [4.69, 9.17) is 14.6 Å². The largest absolute Gasteiger partial charge is 0.490 e. The van der Waals surface area contributed by atoms with Crippen molar-refractivity contribution in [2.75, 3.05) is 19.7 Å². The quantitative estimate of drug-likeness (QED) is 0.832. The van der Waals surface area contributed by atoms with Crippen molar-refractivity contribution in [1.82, 2.24) is 9.88 Å². The zero-order valence-electron chi connectivity index (χ0n) is 13.6. The van der Waals surface area contributed by atoms with Gasteiger partial charge in [0, 0.05) is 18.9 Å². The van der Waals surface area contributed by atoms with Gasteiger partial charge in [0.25, 0.3) is 5.91 Å². The number of alkyl halides is 3. The van der Waals surface area contributed by atoms with Crippen LogP contribution in [0.3, 0.4) is 0 Å². The number of ether oxygens (including phenoxy) is 1. The molecule has 2 unspecified atom stereocenters. The average molecular weight is 360 g/mol. The first-order valence-corrected chi connectivity index (χ1v) is 7.76. The highest BCUT2D eigenvalue weighted by Crippen LogP contribution is 2.37. The summed E-state index contributed by atoms with van der Waals surface area (Å²) < 4.78 is 37.7. The van der Waals surface area contributed by atoms with Crippen molar-refractivity contribution in [3.63, 3.8) is 0 Å². The van der Waals surface area contributed by atoms with Gasteiger partial charge >= 0.3 is 12.1 Å². The Morgan fingerprint density at radius 1 is 1.44 bits per heavy atom. The Bertz CT molecular complexity index is 624. The molecule has 0 saturated carbocycles. The normalized spacial score (nSPS) is 25.6. The molecule has 2 atom stereocenters. The van der Waals surface area contributed by atoms with Crippen molar-refractivity contribution in [1.29, 1.82) is 0 Å². The van der Waals surface area contributed by atoms with E-state index in [1.54, 1.807) is 18.5 Å². The van der Waals surface area contributed by atoms with Gasteiger partial charge in [0.1, 0.15) is 0 Å². The number of carbonyl (C=O) groups excluding carboxylic acids is 1. The van der Waals surface area contributed by atoms with E-state index < -0.39 is 12.1 Å². The molecule has 2 saturated heterocycles. The van der Waals surface area contributed by atoms with Gasteiger partial charge in [-0.25, -0.2) is 4.79 Å². The molecule has 1 aromatic heterocycles. The molecule has 1 amide bonds. The molecule has 0 aliphatic carbocycles. The van der Waals surface area contributed by atoms with E-state index in [2.05, 4.69) is 11.9 Å². The lowest BCUT2D eigenvalue weighted by molar-refractivity contribution is -0.192. The molecule has 0 aromatic carbocycles. The minimum atomic E-state index is -5.08. The number of aromatic nitrogens is 1. The summed E-state index contributed by atoms with van der Waals surface area (Å²) in [4.78, 5) is 27.1. The molecular formula is C16H19F3N2O4. The van der Waals surface area contributed by atoms with Crippen LogP contribution in [0.25, 0.3) is 0 Å². The van der Waals surface area contributed by atoms with Crippen LogP contribution in [0.4, 0.5) is 13.2 Å². The summed E-state index contributed by atoms with van der Waals surface area (Å²) in [5, 5.41) is 7.12. The Hall–Kier alpha value is -2.16. The molecule has 3 rings (SSSR count). The van der Waals surface area contributed by atoms with Crippen LogP contribution in [0.1, 0.15) is 30.1 Å². The van der Waals surface area contributed by atoms with Crippen molar-refractivity contribution in [3.05, 3.63) is 30.1 Å². The second kappa shape index (κ2) is 7.38. The van der Waals surface area contributed by atoms with Crippen molar-refractivity contribution in [2.24, 2.45) is 5.92 Å². The predicted octanol–water partition coefficient (Wildman–Crippen LogP) is 2.36. The molecule has 2 aliphatic heterocycles. The van der Waals surface area contributed by atoms with Crippen LogP contribution >= 0.6 is 0 Å². The molecule has 138 valence electrons. The summed E-state index contributed by atoms with van der Waals surface area (Å²) in [6, 6.07) is 3.62. The fraction of sp³-hybridized carbons (Fsp3) is 0.562. The van der Waals surface area contributed by atoms with Gasteiger partial charge in [0.15, 0.2) is 0 Å². The Morgan fingerprint density at radius 2 is 2.12 bits per heavy atom. The van der Waals surface area contributed by atoms with Crippen molar-refractivity contribution in [3.8, 4) is 0 Å². The first-order chi connectivity index (χ1) is 11.6. The molecule has 0 bridgehead atoms. The number of likely N-dealkylation sites (tertiary alicyclic amines) is 1. The van der Waals surface area contributed by atoms with Crippen LogP contribution in [-0.2, 0) is 9.53 Å². The third kappa shape index (κ3) is 4.91. The number of carboxylic acids is 1. The minimum absolute atomic E-state index is 0.0721. The van der Waals surface area contributed by atoms with Crippen molar-refractivity contribution in [2.45, 2.75) is 31.5 Å². The number of carboxylic acid groups (broad SMARTS) is 1. The van der Waals surface area contributed by atoms with Gasteiger partial charge < -0.3 is 14.7 Å². The number of halogens is 3. The van der Waals surface area contributed by atoms with E-state index in [0.717, 1.165) is 32.5 Å². The Morgan fingerprint density at radius 3 is 2.60 bits per heavy atom. The van der Waals surface area contributed by atoms with Gasteiger partial charge in [-0.3, -0.25) is 9.78 Å². The smallest absolute Gasteiger partial charge is 0.475 e. The van der Waals surface area contributed by atoms with Crippen molar-refractivity contribution >= 4 is 11.9 Å². The van der Waals surface area contributed by atoms with E-state index >= 15 is 0 Å². The van der Waals surface area contributed by atoms with Gasteiger partial charge in [-0.05, 0) is 30.9 Å². The van der Waals surface area contributed by atoms with E-state index in [1.807, 2.05) is 11.0 Å². The number of carbonyl (C=O) groups is 2. The first-order valence-electron chi connectivity index (χ1n) is 7.76. The van der Waals surface area contributed by atoms with Gasteiger partial charge in [-0.15, -0.1) is 0 Å². The monoisotopic (exact) mass is 360 g/mol. The topological polar surface area (TPSA) is 79.7 Å². The molecule has 1 spiro atoms. The van der Waals surface area contributed by atoms with Crippen LogP contribution in [-0.4, -0.2) is 58.3 Å². The van der Waals surface area contributed by atoms with E-state index in [-0.39, 0.29) is 11.5 Å². The molecule has 25 heavy (non-hydrogen) atoms. The molecule has 3 heterocycles. The third-order valence-corrected chi connectivity index (χ3v) is 4.15. The standard InChI is InChI=1S/C14H18N2O2.C2HF3O2/c1-11-7-14(18-9-11)4-6-16(10-14)13(17)12-3-2-5-15-8-12;3-2(4,5)1(6)7/h2-3,5,8,11H,4,6-7,9-10H2,1H3;(H,6,7).